The number of nitrogens with zero attached hydrogens (tertiary/aromatic N) is 3. The topological polar surface area (TPSA) is 72.3 Å². The van der Waals surface area contributed by atoms with Crippen LogP contribution in [0.15, 0.2) is 53.1 Å². The van der Waals surface area contributed by atoms with Gasteiger partial charge in [0.1, 0.15) is 0 Å². The summed E-state index contributed by atoms with van der Waals surface area (Å²) in [6.45, 7) is 4.67. The van der Waals surface area contributed by atoms with Gasteiger partial charge in [-0.2, -0.15) is 13.2 Å². The fraction of sp³-hybridized carbons (Fsp3) is 0.417. The van der Waals surface area contributed by atoms with Crippen LogP contribution >= 0.6 is 11.3 Å². The number of sulfone groups is 1. The molecule has 1 amide bonds. The Labute approximate surface area is 206 Å². The molecule has 0 saturated heterocycles. The van der Waals surface area contributed by atoms with E-state index in [1.807, 2.05) is 19.2 Å². The Bertz CT molecular complexity index is 1300. The summed E-state index contributed by atoms with van der Waals surface area (Å²) in [6, 6.07) is 7.83. The lowest BCUT2D eigenvalue weighted by atomic mass is 10.1. The van der Waals surface area contributed by atoms with E-state index in [4.69, 9.17) is 0 Å². The number of imidazole rings is 1. The fourth-order valence-corrected chi connectivity index (χ4v) is 6.20. The normalized spacial score (nSPS) is 14.5. The van der Waals surface area contributed by atoms with E-state index < -0.39 is 27.3 Å². The van der Waals surface area contributed by atoms with E-state index in [0.717, 1.165) is 25.0 Å². The third kappa shape index (κ3) is 5.95. The number of rotatable bonds is 9. The van der Waals surface area contributed by atoms with Crippen molar-refractivity contribution in [2.45, 2.75) is 56.4 Å². The number of carbonyl (C=O) groups excluding carboxylic acids is 1. The third-order valence-corrected chi connectivity index (χ3v) is 8.03. The maximum absolute atomic E-state index is 13.3. The largest absolute Gasteiger partial charge is 0.416 e. The molecule has 0 unspecified atom stereocenters. The second-order valence-corrected chi connectivity index (χ2v) is 12.0. The SMILES string of the molecule is CC(C)CN(Cc1cnc(S(=O)(=O)Cc2cccc(C(F)(F)F)c2)n1C1CC1)C(=O)c1cccs1. The van der Waals surface area contributed by atoms with Crippen molar-refractivity contribution in [3.63, 3.8) is 0 Å². The first kappa shape index (κ1) is 25.4. The molecule has 0 radical (unpaired) electrons. The van der Waals surface area contributed by atoms with E-state index in [-0.39, 0.29) is 35.1 Å². The van der Waals surface area contributed by atoms with E-state index in [0.29, 0.717) is 17.1 Å². The predicted octanol–water partition coefficient (Wildman–Crippen LogP) is 5.57. The molecule has 11 heteroatoms. The zero-order chi connectivity index (χ0) is 25.4. The van der Waals surface area contributed by atoms with Crippen molar-refractivity contribution in [3.8, 4) is 0 Å². The summed E-state index contributed by atoms with van der Waals surface area (Å²) < 4.78 is 67.5. The minimum atomic E-state index is -4.56. The summed E-state index contributed by atoms with van der Waals surface area (Å²) in [6.07, 6.45) is -1.54. The van der Waals surface area contributed by atoms with Gasteiger partial charge in [-0.1, -0.05) is 38.1 Å². The van der Waals surface area contributed by atoms with Crippen molar-refractivity contribution in [1.82, 2.24) is 14.5 Å². The van der Waals surface area contributed by atoms with Gasteiger partial charge in [0, 0.05) is 12.6 Å². The Hall–Kier alpha value is -2.66. The molecular weight excluding hydrogens is 499 g/mol. The van der Waals surface area contributed by atoms with E-state index >= 15 is 0 Å². The lowest BCUT2D eigenvalue weighted by Crippen LogP contribution is -2.34. The first-order valence-electron chi connectivity index (χ1n) is 11.2. The summed E-state index contributed by atoms with van der Waals surface area (Å²) in [7, 11) is -4.03. The van der Waals surface area contributed by atoms with Gasteiger partial charge in [-0.05, 0) is 41.8 Å². The van der Waals surface area contributed by atoms with Gasteiger partial charge in [0.25, 0.3) is 5.91 Å². The molecule has 2 aromatic heterocycles. The minimum Gasteiger partial charge on any atom is -0.332 e. The van der Waals surface area contributed by atoms with Crippen LogP contribution in [0.25, 0.3) is 0 Å². The molecule has 4 rings (SSSR count). The van der Waals surface area contributed by atoms with Crippen LogP contribution in [0.2, 0.25) is 0 Å². The van der Waals surface area contributed by atoms with Crippen LogP contribution < -0.4 is 0 Å². The molecule has 0 N–H and O–H groups in total. The van der Waals surface area contributed by atoms with Gasteiger partial charge < -0.3 is 9.47 Å². The molecular formula is C24H26F3N3O3S2. The van der Waals surface area contributed by atoms with Crippen molar-refractivity contribution < 1.29 is 26.4 Å². The van der Waals surface area contributed by atoms with Crippen molar-refractivity contribution in [2.24, 2.45) is 5.92 Å². The highest BCUT2D eigenvalue weighted by Gasteiger charge is 2.35. The van der Waals surface area contributed by atoms with E-state index in [2.05, 4.69) is 4.98 Å². The van der Waals surface area contributed by atoms with Gasteiger partial charge >= 0.3 is 6.18 Å². The van der Waals surface area contributed by atoms with Gasteiger partial charge in [0.05, 0.1) is 34.6 Å². The molecule has 0 spiro atoms. The van der Waals surface area contributed by atoms with Crippen LogP contribution in [0.3, 0.4) is 0 Å². The Morgan fingerprint density at radius 3 is 2.57 bits per heavy atom. The number of benzene rings is 1. The fourth-order valence-electron chi connectivity index (χ4n) is 3.98. The Balaban J connectivity index is 1.64. The molecule has 0 bridgehead atoms. The van der Waals surface area contributed by atoms with Crippen molar-refractivity contribution in [1.29, 1.82) is 0 Å². The lowest BCUT2D eigenvalue weighted by molar-refractivity contribution is -0.137. The molecule has 1 aliphatic rings. The van der Waals surface area contributed by atoms with E-state index in [1.165, 1.54) is 29.7 Å². The molecule has 188 valence electrons. The summed E-state index contributed by atoms with van der Waals surface area (Å²) in [5.41, 5.74) is -0.255. The monoisotopic (exact) mass is 525 g/mol. The smallest absolute Gasteiger partial charge is 0.332 e. The maximum atomic E-state index is 13.3. The van der Waals surface area contributed by atoms with Gasteiger partial charge in [-0.3, -0.25) is 4.79 Å². The highest BCUT2D eigenvalue weighted by atomic mass is 32.2. The number of hydrogen-bond donors (Lipinski definition) is 0. The zero-order valence-electron chi connectivity index (χ0n) is 19.3. The lowest BCUT2D eigenvalue weighted by Gasteiger charge is -2.25. The number of amides is 1. The second-order valence-electron chi connectivity index (χ2n) is 9.15. The molecule has 1 aliphatic carbocycles. The number of hydrogen-bond acceptors (Lipinski definition) is 5. The second kappa shape index (κ2) is 9.77. The summed E-state index contributed by atoms with van der Waals surface area (Å²) in [5, 5.41) is 1.66. The highest BCUT2D eigenvalue weighted by Crippen LogP contribution is 2.39. The third-order valence-electron chi connectivity index (χ3n) is 5.60. The number of aromatic nitrogens is 2. The Morgan fingerprint density at radius 2 is 1.97 bits per heavy atom. The molecule has 1 saturated carbocycles. The highest BCUT2D eigenvalue weighted by molar-refractivity contribution is 7.90. The number of carbonyl (C=O) groups is 1. The summed E-state index contributed by atoms with van der Waals surface area (Å²) in [4.78, 5) is 19.6. The number of thiophene rings is 1. The van der Waals surface area contributed by atoms with Crippen molar-refractivity contribution >= 4 is 27.1 Å². The average Bonchev–Trinajstić information content (AvgIpc) is 3.28. The zero-order valence-corrected chi connectivity index (χ0v) is 21.0. The summed E-state index contributed by atoms with van der Waals surface area (Å²) in [5.74, 6) is -0.532. The molecule has 0 atom stereocenters. The van der Waals surface area contributed by atoms with Crippen LogP contribution in [0.5, 0.6) is 0 Å². The van der Waals surface area contributed by atoms with Gasteiger partial charge in [0.15, 0.2) is 0 Å². The van der Waals surface area contributed by atoms with Crippen molar-refractivity contribution in [2.75, 3.05) is 6.54 Å². The minimum absolute atomic E-state index is 0.0426. The van der Waals surface area contributed by atoms with Crippen LogP contribution in [0, 0.1) is 5.92 Å². The van der Waals surface area contributed by atoms with E-state index in [9.17, 15) is 26.4 Å². The van der Waals surface area contributed by atoms with Gasteiger partial charge in [-0.15, -0.1) is 11.3 Å². The van der Waals surface area contributed by atoms with Gasteiger partial charge in [0.2, 0.25) is 15.0 Å². The number of halogens is 3. The quantitative estimate of drug-likeness (QED) is 0.366. The molecule has 6 nitrogen and oxygen atoms in total. The molecule has 0 aliphatic heterocycles. The van der Waals surface area contributed by atoms with Crippen LogP contribution in [0.4, 0.5) is 13.2 Å². The van der Waals surface area contributed by atoms with E-state index in [1.54, 1.807) is 21.6 Å². The number of alkyl halides is 3. The summed E-state index contributed by atoms with van der Waals surface area (Å²) >= 11 is 1.34. The molecule has 2 heterocycles. The first-order valence-corrected chi connectivity index (χ1v) is 13.8. The van der Waals surface area contributed by atoms with Crippen LogP contribution in [-0.4, -0.2) is 35.3 Å². The van der Waals surface area contributed by atoms with Crippen LogP contribution in [-0.2, 0) is 28.3 Å². The van der Waals surface area contributed by atoms with Gasteiger partial charge in [-0.25, -0.2) is 13.4 Å². The molecule has 1 aromatic carbocycles. The maximum Gasteiger partial charge on any atom is 0.416 e. The van der Waals surface area contributed by atoms with Crippen molar-refractivity contribution in [3.05, 3.63) is 69.7 Å². The first-order chi connectivity index (χ1) is 16.5. The van der Waals surface area contributed by atoms with Crippen LogP contribution in [0.1, 0.15) is 59.2 Å². The molecule has 1 fully saturated rings. The molecule has 3 aromatic rings. The molecule has 35 heavy (non-hydrogen) atoms. The Kier molecular flexibility index (Phi) is 7.10. The average molecular weight is 526 g/mol. The predicted molar refractivity (Wildman–Crippen MR) is 127 cm³/mol. The standard InChI is InChI=1S/C24H26F3N3O3S2/c1-16(2)13-29(22(31)21-7-4-10-34-21)14-20-12-28-23(30(20)19-8-9-19)35(32,33)15-17-5-3-6-18(11-17)24(25,26)27/h3-7,10-12,16,19H,8-9,13-15H2,1-2H3. The Morgan fingerprint density at radius 1 is 1.23 bits per heavy atom.